The molecule has 0 atom stereocenters. The van der Waals surface area contributed by atoms with E-state index in [1.54, 1.807) is 11.3 Å². The van der Waals surface area contributed by atoms with E-state index in [0.717, 1.165) is 29.7 Å². The van der Waals surface area contributed by atoms with Crippen LogP contribution in [0.15, 0.2) is 22.8 Å². The molecule has 2 aliphatic rings. The maximum absolute atomic E-state index is 4.61. The van der Waals surface area contributed by atoms with E-state index in [4.69, 9.17) is 0 Å². The summed E-state index contributed by atoms with van der Waals surface area (Å²) >= 11 is 1.67. The van der Waals surface area contributed by atoms with Gasteiger partial charge in [0, 0.05) is 37.9 Å². The molecule has 22 heavy (non-hydrogen) atoms. The van der Waals surface area contributed by atoms with E-state index in [0.29, 0.717) is 5.41 Å². The predicted molar refractivity (Wildman–Crippen MR) is 101 cm³/mol. The summed E-state index contributed by atoms with van der Waals surface area (Å²) in [6.45, 7) is 3.05. The van der Waals surface area contributed by atoms with E-state index in [1.807, 2.05) is 13.2 Å². The van der Waals surface area contributed by atoms with Crippen molar-refractivity contribution in [2.24, 2.45) is 10.4 Å². The Labute approximate surface area is 151 Å². The van der Waals surface area contributed by atoms with Crippen molar-refractivity contribution in [2.75, 3.05) is 20.1 Å². The molecule has 1 saturated carbocycles. The average molecular weight is 431 g/mol. The Balaban J connectivity index is 0.00000144. The highest BCUT2D eigenvalue weighted by atomic mass is 127. The normalized spacial score (nSPS) is 20.2. The molecule has 3 heterocycles. The highest BCUT2D eigenvalue weighted by Crippen LogP contribution is 2.47. The van der Waals surface area contributed by atoms with Gasteiger partial charge in [0.1, 0.15) is 0 Å². The van der Waals surface area contributed by atoms with Crippen LogP contribution >= 0.6 is 35.3 Å². The molecule has 0 bridgehead atoms. The standard InChI is InChI=1S/C15H21N5S.HI/c1-16-13(20-6-5-15(11-20)3-2-4-15)17-9-12-10-19-7-8-21-14(19)18-12;/h7-8,10H,2-6,9,11H2,1H3,(H,16,17);1H. The number of halogens is 1. The van der Waals surface area contributed by atoms with Crippen molar-refractivity contribution in [1.82, 2.24) is 19.6 Å². The van der Waals surface area contributed by atoms with Crippen LogP contribution in [0.4, 0.5) is 0 Å². The van der Waals surface area contributed by atoms with Gasteiger partial charge < -0.3 is 10.2 Å². The molecule has 7 heteroatoms. The van der Waals surface area contributed by atoms with Crippen LogP contribution in [0.1, 0.15) is 31.4 Å². The Hall–Kier alpha value is -0.830. The van der Waals surface area contributed by atoms with Crippen molar-refractivity contribution >= 4 is 46.2 Å². The first kappa shape index (κ1) is 16.0. The number of aromatic nitrogens is 2. The summed E-state index contributed by atoms with van der Waals surface area (Å²) in [5.41, 5.74) is 1.68. The van der Waals surface area contributed by atoms with E-state index in [-0.39, 0.29) is 24.0 Å². The lowest BCUT2D eigenvalue weighted by Gasteiger charge is -2.38. The van der Waals surface area contributed by atoms with Gasteiger partial charge in [-0.2, -0.15) is 0 Å². The number of thiazole rings is 1. The maximum atomic E-state index is 4.61. The summed E-state index contributed by atoms with van der Waals surface area (Å²) in [6, 6.07) is 0. The van der Waals surface area contributed by atoms with Crippen molar-refractivity contribution in [1.29, 1.82) is 0 Å². The van der Waals surface area contributed by atoms with Gasteiger partial charge in [-0.1, -0.05) is 6.42 Å². The Morgan fingerprint density at radius 2 is 2.32 bits per heavy atom. The van der Waals surface area contributed by atoms with Gasteiger partial charge >= 0.3 is 0 Å². The van der Waals surface area contributed by atoms with Crippen molar-refractivity contribution in [3.8, 4) is 0 Å². The molecule has 1 aliphatic carbocycles. The number of hydrogen-bond acceptors (Lipinski definition) is 3. The molecule has 2 aromatic rings. The third kappa shape index (κ3) is 2.84. The molecule has 5 nitrogen and oxygen atoms in total. The van der Waals surface area contributed by atoms with Crippen LogP contribution in [0, 0.1) is 5.41 Å². The largest absolute Gasteiger partial charge is 0.351 e. The fraction of sp³-hybridized carbons (Fsp3) is 0.600. The number of aliphatic imine (C=N–C) groups is 1. The summed E-state index contributed by atoms with van der Waals surface area (Å²) in [5, 5.41) is 5.53. The van der Waals surface area contributed by atoms with Crippen LogP contribution in [0.2, 0.25) is 0 Å². The minimum absolute atomic E-state index is 0. The topological polar surface area (TPSA) is 44.9 Å². The van der Waals surface area contributed by atoms with Gasteiger partial charge in [-0.3, -0.25) is 9.39 Å². The molecule has 4 rings (SSSR count). The molecule has 120 valence electrons. The Bertz CT molecular complexity index is 644. The van der Waals surface area contributed by atoms with E-state index in [2.05, 4.69) is 36.2 Å². The highest BCUT2D eigenvalue weighted by molar-refractivity contribution is 14.0. The third-order valence-corrected chi connectivity index (χ3v) is 5.71. The quantitative estimate of drug-likeness (QED) is 0.452. The summed E-state index contributed by atoms with van der Waals surface area (Å²) in [4.78, 5) is 12.5. The van der Waals surface area contributed by atoms with Gasteiger partial charge in [-0.05, 0) is 24.7 Å². The Kier molecular flexibility index (Phi) is 4.63. The number of guanidine groups is 1. The van der Waals surface area contributed by atoms with Gasteiger partial charge in [0.05, 0.1) is 12.2 Å². The first-order valence-electron chi connectivity index (χ1n) is 7.65. The number of fused-ring (bicyclic) bond motifs is 1. The summed E-state index contributed by atoms with van der Waals surface area (Å²) in [7, 11) is 1.87. The Morgan fingerprint density at radius 1 is 1.45 bits per heavy atom. The van der Waals surface area contributed by atoms with Crippen molar-refractivity contribution in [3.05, 3.63) is 23.5 Å². The molecule has 2 fully saturated rings. The van der Waals surface area contributed by atoms with Crippen LogP contribution < -0.4 is 5.32 Å². The molecule has 0 radical (unpaired) electrons. The minimum atomic E-state index is 0. The first-order chi connectivity index (χ1) is 10.3. The van der Waals surface area contributed by atoms with Crippen LogP contribution in [0.3, 0.4) is 0 Å². The lowest BCUT2D eigenvalue weighted by molar-refractivity contribution is 0.151. The van der Waals surface area contributed by atoms with E-state index < -0.39 is 0 Å². The summed E-state index contributed by atoms with van der Waals surface area (Å²) in [5.74, 6) is 1.02. The molecule has 1 N–H and O–H groups in total. The second-order valence-electron chi connectivity index (χ2n) is 6.25. The number of likely N-dealkylation sites (tertiary alicyclic amines) is 1. The molecule has 2 aromatic heterocycles. The second kappa shape index (κ2) is 6.35. The van der Waals surface area contributed by atoms with Crippen LogP contribution in [-0.4, -0.2) is 40.4 Å². The number of nitrogens with one attached hydrogen (secondary N) is 1. The molecule has 1 aliphatic heterocycles. The smallest absolute Gasteiger partial charge is 0.193 e. The zero-order valence-electron chi connectivity index (χ0n) is 12.8. The SMILES string of the molecule is CN=C(NCc1cn2ccsc2n1)N1CCC2(CCC2)C1.I. The summed E-state index contributed by atoms with van der Waals surface area (Å²) in [6.07, 6.45) is 9.67. The van der Waals surface area contributed by atoms with Crippen LogP contribution in [0.5, 0.6) is 0 Å². The number of imidazole rings is 1. The summed E-state index contributed by atoms with van der Waals surface area (Å²) < 4.78 is 2.07. The maximum Gasteiger partial charge on any atom is 0.193 e. The van der Waals surface area contributed by atoms with Crippen molar-refractivity contribution in [2.45, 2.75) is 32.2 Å². The average Bonchev–Trinajstić information content (AvgIpc) is 3.11. The third-order valence-electron chi connectivity index (χ3n) is 4.93. The minimum Gasteiger partial charge on any atom is -0.351 e. The predicted octanol–water partition coefficient (Wildman–Crippen LogP) is 2.97. The molecule has 1 saturated heterocycles. The molecular weight excluding hydrogens is 409 g/mol. The zero-order valence-corrected chi connectivity index (χ0v) is 15.9. The van der Waals surface area contributed by atoms with Crippen LogP contribution in [-0.2, 0) is 6.54 Å². The van der Waals surface area contributed by atoms with E-state index >= 15 is 0 Å². The van der Waals surface area contributed by atoms with Gasteiger partial charge in [-0.25, -0.2) is 4.98 Å². The van der Waals surface area contributed by atoms with Crippen molar-refractivity contribution in [3.63, 3.8) is 0 Å². The highest BCUT2D eigenvalue weighted by Gasteiger charge is 2.43. The number of rotatable bonds is 2. The number of hydrogen-bond donors (Lipinski definition) is 1. The molecule has 0 aromatic carbocycles. The van der Waals surface area contributed by atoms with Gasteiger partial charge in [0.25, 0.3) is 0 Å². The molecule has 1 spiro atoms. The molecule has 0 unspecified atom stereocenters. The first-order valence-corrected chi connectivity index (χ1v) is 8.53. The fourth-order valence-electron chi connectivity index (χ4n) is 3.56. The van der Waals surface area contributed by atoms with E-state index in [9.17, 15) is 0 Å². The van der Waals surface area contributed by atoms with Gasteiger partial charge in [0.2, 0.25) is 0 Å². The Morgan fingerprint density at radius 3 is 2.95 bits per heavy atom. The van der Waals surface area contributed by atoms with Crippen LogP contribution in [0.25, 0.3) is 4.96 Å². The lowest BCUT2D eigenvalue weighted by atomic mass is 9.68. The number of nitrogens with zero attached hydrogens (tertiary/aromatic N) is 4. The van der Waals surface area contributed by atoms with E-state index in [1.165, 1.54) is 32.2 Å². The zero-order chi connectivity index (χ0) is 14.3. The second-order valence-corrected chi connectivity index (χ2v) is 7.12. The van der Waals surface area contributed by atoms with Gasteiger partial charge in [0.15, 0.2) is 10.9 Å². The lowest BCUT2D eigenvalue weighted by Crippen LogP contribution is -2.42. The monoisotopic (exact) mass is 431 g/mol. The van der Waals surface area contributed by atoms with Gasteiger partial charge in [-0.15, -0.1) is 35.3 Å². The molecule has 0 amide bonds. The fourth-order valence-corrected chi connectivity index (χ4v) is 4.28. The molecular formula is C15H22IN5S. The van der Waals surface area contributed by atoms with Crippen molar-refractivity contribution < 1.29 is 0 Å².